The molecule has 2 aliphatic rings. The largest absolute Gasteiger partial charge is 0.381 e. The van der Waals surface area contributed by atoms with Gasteiger partial charge in [0.25, 0.3) is 0 Å². The third-order valence-electron chi connectivity index (χ3n) is 5.34. The molecule has 3 aromatic rings. The Morgan fingerprint density at radius 2 is 1.85 bits per heavy atom. The molecule has 8 heteroatoms. The number of hydrogen-bond acceptors (Lipinski definition) is 6. The Bertz CT molecular complexity index is 964. The van der Waals surface area contributed by atoms with Crippen LogP contribution in [0.5, 0.6) is 0 Å². The normalized spacial score (nSPS) is 19.7. The molecule has 27 heavy (non-hydrogen) atoms. The van der Waals surface area contributed by atoms with Gasteiger partial charge in [-0.05, 0) is 24.3 Å². The molecular formula is C19H20FN5O2. The van der Waals surface area contributed by atoms with E-state index in [0.717, 1.165) is 45.0 Å². The molecule has 2 aromatic heterocycles. The van der Waals surface area contributed by atoms with E-state index < -0.39 is 0 Å². The molecule has 4 heterocycles. The lowest BCUT2D eigenvalue weighted by Crippen LogP contribution is -2.54. The Kier molecular flexibility index (Phi) is 4.02. The molecule has 140 valence electrons. The number of halogens is 1. The van der Waals surface area contributed by atoms with E-state index in [-0.39, 0.29) is 11.4 Å². The van der Waals surface area contributed by atoms with E-state index in [1.54, 1.807) is 22.7 Å². The maximum Gasteiger partial charge on any atom is 0.188 e. The van der Waals surface area contributed by atoms with Crippen LogP contribution in [0.4, 0.5) is 10.2 Å². The van der Waals surface area contributed by atoms with Crippen LogP contribution in [0.3, 0.4) is 0 Å². The van der Waals surface area contributed by atoms with Crippen molar-refractivity contribution >= 4 is 11.5 Å². The third-order valence-corrected chi connectivity index (χ3v) is 5.34. The molecule has 0 bridgehead atoms. The third kappa shape index (κ3) is 2.94. The summed E-state index contributed by atoms with van der Waals surface area (Å²) in [6.45, 7) is 3.64. The van der Waals surface area contributed by atoms with Gasteiger partial charge in [0.2, 0.25) is 0 Å². The highest BCUT2D eigenvalue weighted by atomic mass is 19.1. The quantitative estimate of drug-likeness (QED) is 0.691. The fourth-order valence-corrected chi connectivity index (χ4v) is 3.84. The van der Waals surface area contributed by atoms with Crippen LogP contribution < -0.4 is 4.90 Å². The maximum atomic E-state index is 14.2. The van der Waals surface area contributed by atoms with Gasteiger partial charge < -0.3 is 14.4 Å². The topological polar surface area (TPSA) is 64.8 Å². The Balaban J connectivity index is 1.51. The molecule has 1 spiro atoms. The molecule has 7 nitrogen and oxygen atoms in total. The first-order chi connectivity index (χ1) is 13.2. The molecule has 0 N–H and O–H groups in total. The number of benzene rings is 1. The van der Waals surface area contributed by atoms with E-state index in [4.69, 9.17) is 14.6 Å². The van der Waals surface area contributed by atoms with Crippen molar-refractivity contribution in [3.8, 4) is 11.4 Å². The van der Waals surface area contributed by atoms with Gasteiger partial charge >= 0.3 is 0 Å². The van der Waals surface area contributed by atoms with E-state index in [1.165, 1.54) is 6.07 Å². The van der Waals surface area contributed by atoms with Gasteiger partial charge in [-0.15, -0.1) is 15.3 Å². The number of fused-ring (bicyclic) bond motifs is 1. The van der Waals surface area contributed by atoms with Crippen molar-refractivity contribution in [2.24, 2.45) is 0 Å². The van der Waals surface area contributed by atoms with Gasteiger partial charge in [-0.25, -0.2) is 4.39 Å². The second-order valence-electron chi connectivity index (χ2n) is 7.03. The summed E-state index contributed by atoms with van der Waals surface area (Å²) in [5.41, 5.74) is 0.804. The number of rotatable bonds is 2. The van der Waals surface area contributed by atoms with Crippen LogP contribution in [0.1, 0.15) is 12.8 Å². The molecule has 2 aliphatic heterocycles. The second-order valence-corrected chi connectivity index (χ2v) is 7.03. The monoisotopic (exact) mass is 369 g/mol. The number of aromatic nitrogens is 4. The molecule has 0 amide bonds. The molecule has 0 aliphatic carbocycles. The van der Waals surface area contributed by atoms with Gasteiger partial charge in [0.1, 0.15) is 11.6 Å². The Hall–Kier alpha value is -2.58. The van der Waals surface area contributed by atoms with Gasteiger partial charge in [-0.3, -0.25) is 0 Å². The lowest BCUT2D eigenvalue weighted by Gasteiger charge is -2.45. The van der Waals surface area contributed by atoms with E-state index in [9.17, 15) is 4.39 Å². The minimum absolute atomic E-state index is 0.172. The highest BCUT2D eigenvalue weighted by Gasteiger charge is 2.38. The van der Waals surface area contributed by atoms with Crippen LogP contribution >= 0.6 is 0 Å². The van der Waals surface area contributed by atoms with E-state index in [2.05, 4.69) is 15.1 Å². The van der Waals surface area contributed by atoms with Crippen molar-refractivity contribution in [1.82, 2.24) is 19.8 Å². The van der Waals surface area contributed by atoms with E-state index in [0.29, 0.717) is 23.6 Å². The second kappa shape index (κ2) is 6.54. The van der Waals surface area contributed by atoms with E-state index in [1.807, 2.05) is 12.1 Å². The Morgan fingerprint density at radius 1 is 1.00 bits per heavy atom. The van der Waals surface area contributed by atoms with Crippen molar-refractivity contribution in [2.45, 2.75) is 18.4 Å². The number of hydrogen-bond donors (Lipinski definition) is 0. The van der Waals surface area contributed by atoms with Crippen LogP contribution in [0.25, 0.3) is 17.0 Å². The number of morpholine rings is 1. The Morgan fingerprint density at radius 3 is 2.70 bits per heavy atom. The van der Waals surface area contributed by atoms with Crippen molar-refractivity contribution in [2.75, 3.05) is 37.8 Å². The molecule has 0 unspecified atom stereocenters. The summed E-state index contributed by atoms with van der Waals surface area (Å²) in [5.74, 6) is 0.875. The summed E-state index contributed by atoms with van der Waals surface area (Å²) in [6.07, 6.45) is 1.78. The smallest absolute Gasteiger partial charge is 0.188 e. The summed E-state index contributed by atoms with van der Waals surface area (Å²) >= 11 is 0. The van der Waals surface area contributed by atoms with Gasteiger partial charge in [0, 0.05) is 39.1 Å². The molecule has 0 radical (unpaired) electrons. The zero-order chi connectivity index (χ0) is 18.3. The molecule has 0 saturated carbocycles. The summed E-state index contributed by atoms with van der Waals surface area (Å²) < 4.78 is 27.4. The van der Waals surface area contributed by atoms with Crippen LogP contribution in [-0.2, 0) is 9.47 Å². The van der Waals surface area contributed by atoms with Crippen LogP contribution in [0, 0.1) is 5.82 Å². The summed E-state index contributed by atoms with van der Waals surface area (Å²) in [6, 6.07) is 10.3. The van der Waals surface area contributed by atoms with Gasteiger partial charge in [0.15, 0.2) is 11.5 Å². The minimum Gasteiger partial charge on any atom is -0.381 e. The van der Waals surface area contributed by atoms with Gasteiger partial charge in [-0.2, -0.15) is 4.52 Å². The molecule has 2 saturated heterocycles. The fourth-order valence-electron chi connectivity index (χ4n) is 3.84. The van der Waals surface area contributed by atoms with Gasteiger partial charge in [0.05, 0.1) is 17.8 Å². The summed E-state index contributed by atoms with van der Waals surface area (Å²) in [4.78, 5) is 2.22. The highest BCUT2D eigenvalue weighted by molar-refractivity contribution is 5.60. The molecule has 5 rings (SSSR count). The highest BCUT2D eigenvalue weighted by Crippen LogP contribution is 2.31. The lowest BCUT2D eigenvalue weighted by atomic mass is 9.92. The van der Waals surface area contributed by atoms with Gasteiger partial charge in [-0.1, -0.05) is 12.1 Å². The minimum atomic E-state index is -0.341. The predicted molar refractivity (Wildman–Crippen MR) is 97.1 cm³/mol. The number of nitrogens with zero attached hydrogens (tertiary/aromatic N) is 5. The summed E-state index contributed by atoms with van der Waals surface area (Å²) in [7, 11) is 0. The number of anilines is 1. The molecular weight excluding hydrogens is 349 g/mol. The SMILES string of the molecule is Fc1ccccc1-c1nnc2ccc(N3CCOC4(CCOCC4)C3)nn12. The average Bonchev–Trinajstić information content (AvgIpc) is 3.12. The first-order valence-electron chi connectivity index (χ1n) is 9.18. The van der Waals surface area contributed by atoms with Crippen molar-refractivity contribution in [1.29, 1.82) is 0 Å². The molecule has 2 fully saturated rings. The first-order valence-corrected chi connectivity index (χ1v) is 9.18. The van der Waals surface area contributed by atoms with Crippen molar-refractivity contribution in [3.05, 3.63) is 42.2 Å². The lowest BCUT2D eigenvalue weighted by molar-refractivity contribution is -0.116. The van der Waals surface area contributed by atoms with E-state index >= 15 is 0 Å². The predicted octanol–water partition coefficient (Wildman–Crippen LogP) is 2.32. The zero-order valence-electron chi connectivity index (χ0n) is 14.8. The Labute approximate surface area is 155 Å². The van der Waals surface area contributed by atoms with Crippen LogP contribution in [-0.4, -0.2) is 58.3 Å². The maximum absolute atomic E-state index is 14.2. The van der Waals surface area contributed by atoms with Crippen molar-refractivity contribution in [3.63, 3.8) is 0 Å². The molecule has 0 atom stereocenters. The number of ether oxygens (including phenoxy) is 2. The standard InChI is InChI=1S/C19H20FN5O2/c20-15-4-2-1-3-14(15)18-22-21-16-5-6-17(23-25(16)18)24-9-12-27-19(13-24)7-10-26-11-8-19/h1-6H,7-13H2. The van der Waals surface area contributed by atoms with Crippen molar-refractivity contribution < 1.29 is 13.9 Å². The first kappa shape index (κ1) is 16.6. The summed E-state index contributed by atoms with van der Waals surface area (Å²) in [5, 5.41) is 13.0. The zero-order valence-corrected chi connectivity index (χ0v) is 14.8. The van der Waals surface area contributed by atoms with Crippen LogP contribution in [0.2, 0.25) is 0 Å². The fraction of sp³-hybridized carbons (Fsp3) is 0.421. The molecule has 1 aromatic carbocycles. The average molecular weight is 369 g/mol. The van der Waals surface area contributed by atoms with Crippen LogP contribution in [0.15, 0.2) is 36.4 Å².